The van der Waals surface area contributed by atoms with Crippen molar-refractivity contribution in [3.05, 3.63) is 106 Å². The van der Waals surface area contributed by atoms with Gasteiger partial charge in [-0.25, -0.2) is 4.99 Å². The fourth-order valence-corrected chi connectivity index (χ4v) is 5.24. The van der Waals surface area contributed by atoms with Crippen LogP contribution in [0.2, 0.25) is 5.02 Å². The van der Waals surface area contributed by atoms with Crippen molar-refractivity contribution in [3.8, 4) is 0 Å². The topological polar surface area (TPSA) is 44.7 Å². The summed E-state index contributed by atoms with van der Waals surface area (Å²) in [7, 11) is 0. The fourth-order valence-electron chi connectivity index (χ4n) is 4.04. The van der Waals surface area contributed by atoms with Gasteiger partial charge in [-0.3, -0.25) is 9.69 Å². The first-order valence-corrected chi connectivity index (χ1v) is 13.7. The Hall–Kier alpha value is -2.86. The van der Waals surface area contributed by atoms with E-state index >= 15 is 0 Å². The number of carbonyl (C=O) groups is 1. The molecule has 6 heteroatoms. The number of nitrogens with one attached hydrogen (secondary N) is 1. The predicted octanol–water partition coefficient (Wildman–Crippen LogP) is 7.54. The fraction of sp³-hybridized carbons (Fsp3) is 0.267. The van der Waals surface area contributed by atoms with Gasteiger partial charge in [0.1, 0.15) is 0 Å². The Bertz CT molecular complexity index is 1270. The van der Waals surface area contributed by atoms with Gasteiger partial charge in [0, 0.05) is 48.0 Å². The molecular weight excluding hydrogens is 486 g/mol. The maximum Gasteiger partial charge on any atom is 0.255 e. The number of hydrogen-bond donors (Lipinski definition) is 1. The number of rotatable bonds is 7. The molecule has 1 aliphatic rings. The molecule has 0 aromatic heterocycles. The lowest BCUT2D eigenvalue weighted by atomic mass is 10.1. The number of anilines is 1. The highest BCUT2D eigenvalue weighted by Crippen LogP contribution is 2.26. The maximum atomic E-state index is 13.0. The molecule has 3 aromatic carbocycles. The van der Waals surface area contributed by atoms with Gasteiger partial charge in [0.25, 0.3) is 5.91 Å². The molecule has 1 aliphatic heterocycles. The summed E-state index contributed by atoms with van der Waals surface area (Å²) < 4.78 is 0. The van der Waals surface area contributed by atoms with E-state index in [1.54, 1.807) is 6.07 Å². The summed E-state index contributed by atoms with van der Waals surface area (Å²) in [6.07, 6.45) is 2.01. The second-order valence-corrected chi connectivity index (χ2v) is 10.9. The Morgan fingerprint density at radius 2 is 1.78 bits per heavy atom. The summed E-state index contributed by atoms with van der Waals surface area (Å²) in [4.78, 5) is 20.4. The van der Waals surface area contributed by atoms with E-state index in [2.05, 4.69) is 10.2 Å². The Kier molecular flexibility index (Phi) is 9.03. The number of carbonyl (C=O) groups excluding carboxylic acids is 1. The van der Waals surface area contributed by atoms with Crippen LogP contribution < -0.4 is 5.32 Å². The van der Waals surface area contributed by atoms with Crippen LogP contribution >= 0.6 is 23.4 Å². The second-order valence-electron chi connectivity index (χ2n) is 9.24. The van der Waals surface area contributed by atoms with Crippen LogP contribution in [0.3, 0.4) is 0 Å². The largest absolute Gasteiger partial charge is 0.322 e. The molecule has 0 saturated carbocycles. The number of para-hydroxylation sites is 1. The smallest absolute Gasteiger partial charge is 0.255 e. The number of aryl methyl sites for hydroxylation is 1. The Morgan fingerprint density at radius 1 is 1.06 bits per heavy atom. The molecule has 0 aliphatic carbocycles. The molecule has 4 nitrogen and oxygen atoms in total. The van der Waals surface area contributed by atoms with Gasteiger partial charge in [0.05, 0.1) is 16.4 Å². The lowest BCUT2D eigenvalue weighted by molar-refractivity contribution is 0.102. The molecule has 3 aromatic rings. The van der Waals surface area contributed by atoms with Gasteiger partial charge < -0.3 is 5.32 Å². The van der Waals surface area contributed by atoms with Crippen LogP contribution in [0.25, 0.3) is 0 Å². The molecule has 4 rings (SSSR count). The first-order valence-electron chi connectivity index (χ1n) is 12.2. The normalized spacial score (nSPS) is 14.4. The number of nitrogens with zero attached hydrogens (tertiary/aromatic N) is 2. The van der Waals surface area contributed by atoms with Crippen LogP contribution in [0.5, 0.6) is 0 Å². The summed E-state index contributed by atoms with van der Waals surface area (Å²) in [6.45, 7) is 9.26. The van der Waals surface area contributed by atoms with Gasteiger partial charge in [-0.05, 0) is 74.4 Å². The van der Waals surface area contributed by atoms with Crippen molar-refractivity contribution in [2.75, 3.05) is 29.9 Å². The number of benzene rings is 3. The van der Waals surface area contributed by atoms with Crippen molar-refractivity contribution in [1.82, 2.24) is 4.90 Å². The minimum atomic E-state index is -0.149. The summed E-state index contributed by atoms with van der Waals surface area (Å²) in [5.41, 5.74) is 7.14. The molecule has 1 amide bonds. The zero-order chi connectivity index (χ0) is 25.5. The molecule has 0 unspecified atom stereocenters. The van der Waals surface area contributed by atoms with E-state index in [1.807, 2.05) is 99.3 Å². The molecule has 0 radical (unpaired) electrons. The first kappa shape index (κ1) is 26.2. The molecule has 0 atom stereocenters. The quantitative estimate of drug-likeness (QED) is 0.329. The van der Waals surface area contributed by atoms with E-state index in [-0.39, 0.29) is 5.91 Å². The van der Waals surface area contributed by atoms with Crippen LogP contribution in [0.1, 0.15) is 40.9 Å². The Morgan fingerprint density at radius 3 is 2.47 bits per heavy atom. The van der Waals surface area contributed by atoms with Gasteiger partial charge >= 0.3 is 0 Å². The number of amides is 1. The van der Waals surface area contributed by atoms with Crippen LogP contribution in [0, 0.1) is 6.92 Å². The minimum absolute atomic E-state index is 0.149. The van der Waals surface area contributed by atoms with Gasteiger partial charge in [-0.2, -0.15) is 11.8 Å². The lowest BCUT2D eigenvalue weighted by Crippen LogP contribution is -2.31. The van der Waals surface area contributed by atoms with Crippen molar-refractivity contribution in [1.29, 1.82) is 0 Å². The molecular formula is C30H32ClN3OS. The standard InChI is InChI=1S/C30H32ClN3OS/c1-21(2)18-29(33-28-7-5-4-6-22(28)3)26-19-25(12-13-27(26)31)32-30(35)24-10-8-23(9-11-24)20-34-14-16-36-17-15-34/h4-13,18-19H,14-17,20H2,1-3H3,(H,32,35). The van der Waals surface area contributed by atoms with Crippen LogP contribution in [0.4, 0.5) is 11.4 Å². The molecule has 0 spiro atoms. The second kappa shape index (κ2) is 12.4. The van der Waals surface area contributed by atoms with Crippen LogP contribution in [0.15, 0.2) is 83.4 Å². The van der Waals surface area contributed by atoms with Crippen molar-refractivity contribution in [2.24, 2.45) is 4.99 Å². The number of halogens is 1. The zero-order valence-electron chi connectivity index (χ0n) is 21.1. The third kappa shape index (κ3) is 7.10. The Balaban J connectivity index is 1.53. The highest BCUT2D eigenvalue weighted by atomic mass is 35.5. The average Bonchev–Trinajstić information content (AvgIpc) is 2.87. The van der Waals surface area contributed by atoms with E-state index in [9.17, 15) is 4.79 Å². The SMILES string of the molecule is CC(C)=CC(=Nc1ccccc1C)c1cc(NC(=O)c2ccc(CN3CCSCC3)cc2)ccc1Cl. The molecule has 1 N–H and O–H groups in total. The van der Waals surface area contributed by atoms with E-state index in [1.165, 1.54) is 17.1 Å². The first-order chi connectivity index (χ1) is 17.4. The van der Waals surface area contributed by atoms with Crippen molar-refractivity contribution < 1.29 is 4.79 Å². The number of aliphatic imine (C=N–C) groups is 1. The van der Waals surface area contributed by atoms with E-state index < -0.39 is 0 Å². The monoisotopic (exact) mass is 517 g/mol. The third-order valence-corrected chi connectivity index (χ3v) is 7.28. The molecule has 1 fully saturated rings. The summed E-state index contributed by atoms with van der Waals surface area (Å²) >= 11 is 8.61. The Labute approximate surface area is 223 Å². The highest BCUT2D eigenvalue weighted by molar-refractivity contribution is 7.99. The molecule has 1 saturated heterocycles. The molecule has 1 heterocycles. The van der Waals surface area contributed by atoms with Gasteiger partial charge in [-0.1, -0.05) is 47.5 Å². The van der Waals surface area contributed by atoms with Gasteiger partial charge in [0.15, 0.2) is 0 Å². The highest BCUT2D eigenvalue weighted by Gasteiger charge is 2.13. The predicted molar refractivity (Wildman–Crippen MR) is 155 cm³/mol. The minimum Gasteiger partial charge on any atom is -0.322 e. The summed E-state index contributed by atoms with van der Waals surface area (Å²) in [5, 5.41) is 3.61. The molecule has 186 valence electrons. The van der Waals surface area contributed by atoms with Crippen LogP contribution in [-0.4, -0.2) is 41.1 Å². The van der Waals surface area contributed by atoms with Gasteiger partial charge in [-0.15, -0.1) is 0 Å². The third-order valence-electron chi connectivity index (χ3n) is 6.01. The van der Waals surface area contributed by atoms with Crippen molar-refractivity contribution in [2.45, 2.75) is 27.3 Å². The number of thioether (sulfide) groups is 1. The van der Waals surface area contributed by atoms with E-state index in [4.69, 9.17) is 16.6 Å². The summed E-state index contributed by atoms with van der Waals surface area (Å²) in [5.74, 6) is 2.23. The lowest BCUT2D eigenvalue weighted by Gasteiger charge is -2.26. The van der Waals surface area contributed by atoms with E-state index in [0.29, 0.717) is 16.3 Å². The van der Waals surface area contributed by atoms with E-state index in [0.717, 1.165) is 47.7 Å². The average molecular weight is 518 g/mol. The summed E-state index contributed by atoms with van der Waals surface area (Å²) in [6, 6.07) is 21.4. The molecule has 0 bridgehead atoms. The number of hydrogen-bond acceptors (Lipinski definition) is 4. The van der Waals surface area contributed by atoms with Crippen LogP contribution in [-0.2, 0) is 6.54 Å². The number of allylic oxidation sites excluding steroid dienone is 2. The van der Waals surface area contributed by atoms with Gasteiger partial charge in [0.2, 0.25) is 0 Å². The zero-order valence-corrected chi connectivity index (χ0v) is 22.6. The maximum absolute atomic E-state index is 13.0. The van der Waals surface area contributed by atoms with Crippen molar-refractivity contribution >= 4 is 46.4 Å². The molecule has 36 heavy (non-hydrogen) atoms. The van der Waals surface area contributed by atoms with Crippen molar-refractivity contribution in [3.63, 3.8) is 0 Å².